The van der Waals surface area contributed by atoms with Crippen LogP contribution in [-0.2, 0) is 11.2 Å². The van der Waals surface area contributed by atoms with Gasteiger partial charge in [-0.05, 0) is 47.4 Å². The first kappa shape index (κ1) is 16.3. The summed E-state index contributed by atoms with van der Waals surface area (Å²) < 4.78 is 11.6. The molecule has 0 amide bonds. The maximum Gasteiger partial charge on any atom is 0.196 e. The molecule has 0 saturated carbocycles. The number of benzene rings is 3. The lowest BCUT2D eigenvalue weighted by Gasteiger charge is -2.16. The van der Waals surface area contributed by atoms with Crippen molar-refractivity contribution in [2.45, 2.75) is 19.6 Å². The zero-order chi connectivity index (χ0) is 16.8. The molecular formula is C22H22O2. The van der Waals surface area contributed by atoms with E-state index in [1.54, 1.807) is 0 Å². The second kappa shape index (κ2) is 7.80. The number of hydrogen-bond donors (Lipinski definition) is 0. The van der Waals surface area contributed by atoms with E-state index in [4.69, 9.17) is 9.47 Å². The molecule has 2 nitrogen and oxygen atoms in total. The fourth-order valence-corrected chi connectivity index (χ4v) is 2.75. The third kappa shape index (κ3) is 4.03. The quantitative estimate of drug-likeness (QED) is 0.538. The Kier molecular flexibility index (Phi) is 5.29. The number of rotatable bonds is 7. The molecule has 3 aromatic carbocycles. The lowest BCUT2D eigenvalue weighted by Crippen LogP contribution is -2.17. The van der Waals surface area contributed by atoms with Crippen molar-refractivity contribution < 1.29 is 9.47 Å². The van der Waals surface area contributed by atoms with Crippen LogP contribution in [0.5, 0.6) is 5.75 Å². The molecule has 0 saturated heterocycles. The summed E-state index contributed by atoms with van der Waals surface area (Å²) in [5.41, 5.74) is 2.38. The Morgan fingerprint density at radius 1 is 0.958 bits per heavy atom. The first-order chi connectivity index (χ1) is 11.8. The minimum Gasteiger partial charge on any atom is -0.465 e. The van der Waals surface area contributed by atoms with Crippen molar-refractivity contribution in [2.75, 3.05) is 6.61 Å². The van der Waals surface area contributed by atoms with E-state index in [2.05, 4.69) is 49.0 Å². The van der Waals surface area contributed by atoms with E-state index in [-0.39, 0.29) is 6.29 Å². The van der Waals surface area contributed by atoms with Crippen molar-refractivity contribution in [3.05, 3.63) is 84.4 Å². The molecule has 3 aromatic rings. The summed E-state index contributed by atoms with van der Waals surface area (Å²) in [7, 11) is 0. The highest BCUT2D eigenvalue weighted by Gasteiger charge is 2.05. The van der Waals surface area contributed by atoms with Crippen LogP contribution in [0, 0.1) is 0 Å². The predicted molar refractivity (Wildman–Crippen MR) is 100 cm³/mol. The molecule has 3 rings (SSSR count). The monoisotopic (exact) mass is 318 g/mol. The van der Waals surface area contributed by atoms with E-state index in [0.29, 0.717) is 6.61 Å². The second-order valence-corrected chi connectivity index (χ2v) is 5.72. The number of ether oxygens (including phenoxy) is 2. The van der Waals surface area contributed by atoms with Gasteiger partial charge >= 0.3 is 0 Å². The summed E-state index contributed by atoms with van der Waals surface area (Å²) in [6, 6.07) is 22.6. The largest absolute Gasteiger partial charge is 0.465 e. The van der Waals surface area contributed by atoms with Gasteiger partial charge in [0.15, 0.2) is 6.29 Å². The molecule has 0 radical (unpaired) electrons. The molecule has 1 atom stereocenters. The number of hydrogen-bond acceptors (Lipinski definition) is 2. The van der Waals surface area contributed by atoms with Gasteiger partial charge in [-0.15, -0.1) is 0 Å². The summed E-state index contributed by atoms with van der Waals surface area (Å²) in [6.07, 6.45) is 2.40. The molecule has 0 spiro atoms. The highest BCUT2D eigenvalue weighted by atomic mass is 16.7. The van der Waals surface area contributed by atoms with Crippen LogP contribution in [0.3, 0.4) is 0 Å². The lowest BCUT2D eigenvalue weighted by molar-refractivity contribution is -0.0653. The molecule has 0 N–H and O–H groups in total. The average molecular weight is 318 g/mol. The van der Waals surface area contributed by atoms with Gasteiger partial charge in [0.2, 0.25) is 0 Å². The summed E-state index contributed by atoms with van der Waals surface area (Å²) in [6.45, 7) is 6.29. The second-order valence-electron chi connectivity index (χ2n) is 5.72. The minimum atomic E-state index is -0.283. The van der Waals surface area contributed by atoms with Gasteiger partial charge in [-0.3, -0.25) is 0 Å². The van der Waals surface area contributed by atoms with Crippen LogP contribution in [0.1, 0.15) is 18.1 Å². The van der Waals surface area contributed by atoms with Crippen LogP contribution in [0.4, 0.5) is 0 Å². The standard InChI is InChI=1S/C22H22O2/c1-3-18-11-13-21(14-12-18)24-17(2)23-16-15-20-9-6-8-19-7-4-5-10-22(19)20/h3-14,17H,1,15-16H2,2H3. The fraction of sp³-hybridized carbons (Fsp3) is 0.182. The molecule has 0 heterocycles. The summed E-state index contributed by atoms with van der Waals surface area (Å²) in [5.74, 6) is 0.804. The van der Waals surface area contributed by atoms with E-state index in [1.165, 1.54) is 16.3 Å². The van der Waals surface area contributed by atoms with E-state index < -0.39 is 0 Å². The zero-order valence-electron chi connectivity index (χ0n) is 13.9. The molecule has 24 heavy (non-hydrogen) atoms. The highest BCUT2D eigenvalue weighted by molar-refractivity contribution is 5.85. The Bertz CT molecular complexity index is 800. The van der Waals surface area contributed by atoms with Crippen LogP contribution in [0.25, 0.3) is 16.8 Å². The Labute approximate surface area is 143 Å². The van der Waals surface area contributed by atoms with E-state index in [0.717, 1.165) is 17.7 Å². The minimum absolute atomic E-state index is 0.283. The van der Waals surface area contributed by atoms with Gasteiger partial charge in [-0.25, -0.2) is 0 Å². The molecule has 0 fully saturated rings. The fourth-order valence-electron chi connectivity index (χ4n) is 2.75. The molecular weight excluding hydrogens is 296 g/mol. The molecule has 2 heteroatoms. The Hall–Kier alpha value is -2.58. The normalized spacial score (nSPS) is 12.0. The smallest absolute Gasteiger partial charge is 0.196 e. The first-order valence-corrected chi connectivity index (χ1v) is 8.23. The highest BCUT2D eigenvalue weighted by Crippen LogP contribution is 2.19. The maximum absolute atomic E-state index is 5.81. The van der Waals surface area contributed by atoms with Gasteiger partial charge in [0.1, 0.15) is 5.75 Å². The molecule has 0 bridgehead atoms. The van der Waals surface area contributed by atoms with Gasteiger partial charge < -0.3 is 9.47 Å². The Morgan fingerprint density at radius 2 is 1.71 bits per heavy atom. The van der Waals surface area contributed by atoms with E-state index in [1.807, 2.05) is 37.3 Å². The maximum atomic E-state index is 5.81. The van der Waals surface area contributed by atoms with Crippen molar-refractivity contribution >= 4 is 16.8 Å². The van der Waals surface area contributed by atoms with Gasteiger partial charge in [0.05, 0.1) is 6.61 Å². The SMILES string of the molecule is C=Cc1ccc(OC(C)OCCc2cccc3ccccc23)cc1. The van der Waals surface area contributed by atoms with Crippen molar-refractivity contribution in [2.24, 2.45) is 0 Å². The third-order valence-electron chi connectivity index (χ3n) is 4.02. The number of fused-ring (bicyclic) bond motifs is 1. The molecule has 1 unspecified atom stereocenters. The van der Waals surface area contributed by atoms with Gasteiger partial charge in [0.25, 0.3) is 0 Å². The molecule has 0 aliphatic heterocycles. The third-order valence-corrected chi connectivity index (χ3v) is 4.02. The molecule has 0 aromatic heterocycles. The zero-order valence-corrected chi connectivity index (χ0v) is 13.9. The van der Waals surface area contributed by atoms with E-state index >= 15 is 0 Å². The summed E-state index contributed by atoms with van der Waals surface area (Å²) in [4.78, 5) is 0. The van der Waals surface area contributed by atoms with Crippen LogP contribution >= 0.6 is 0 Å². The lowest BCUT2D eigenvalue weighted by atomic mass is 10.0. The molecule has 122 valence electrons. The Balaban J connectivity index is 1.54. The van der Waals surface area contributed by atoms with Crippen molar-refractivity contribution in [1.82, 2.24) is 0 Å². The van der Waals surface area contributed by atoms with Crippen LogP contribution in [0.2, 0.25) is 0 Å². The Morgan fingerprint density at radius 3 is 2.50 bits per heavy atom. The van der Waals surface area contributed by atoms with Crippen LogP contribution in [-0.4, -0.2) is 12.9 Å². The van der Waals surface area contributed by atoms with Gasteiger partial charge in [0, 0.05) is 0 Å². The summed E-state index contributed by atoms with van der Waals surface area (Å²) >= 11 is 0. The van der Waals surface area contributed by atoms with Crippen molar-refractivity contribution in [3.63, 3.8) is 0 Å². The predicted octanol–water partition coefficient (Wildman–Crippen LogP) is 5.47. The van der Waals surface area contributed by atoms with Gasteiger partial charge in [-0.2, -0.15) is 0 Å². The first-order valence-electron chi connectivity index (χ1n) is 8.23. The average Bonchev–Trinajstić information content (AvgIpc) is 2.62. The van der Waals surface area contributed by atoms with Gasteiger partial charge in [-0.1, -0.05) is 67.3 Å². The van der Waals surface area contributed by atoms with Crippen LogP contribution in [0.15, 0.2) is 73.3 Å². The van der Waals surface area contributed by atoms with Crippen molar-refractivity contribution in [3.8, 4) is 5.75 Å². The van der Waals surface area contributed by atoms with E-state index in [9.17, 15) is 0 Å². The molecule has 0 aliphatic carbocycles. The molecule has 0 aliphatic rings. The van der Waals surface area contributed by atoms with Crippen molar-refractivity contribution in [1.29, 1.82) is 0 Å². The summed E-state index contributed by atoms with van der Waals surface area (Å²) in [5, 5.41) is 2.55. The van der Waals surface area contributed by atoms with Crippen LogP contribution < -0.4 is 4.74 Å². The topological polar surface area (TPSA) is 18.5 Å².